The predicted octanol–water partition coefficient (Wildman–Crippen LogP) is 29.4. The number of hydrogen-bond donors (Lipinski definition) is 1. The molecule has 0 saturated carbocycles. The number of anilines is 2. The molecule has 4 aromatic heterocycles. The molecule has 0 bridgehead atoms. The zero-order valence-electron chi connectivity index (χ0n) is 60.6. The highest BCUT2D eigenvalue weighted by molar-refractivity contribution is 9.10. The number of rotatable bonds is 12. The van der Waals surface area contributed by atoms with Crippen molar-refractivity contribution < 1.29 is 1.43 Å². The zero-order valence-corrected chi connectivity index (χ0v) is 63.0. The lowest BCUT2D eigenvalue weighted by atomic mass is 10.0. The Morgan fingerprint density at radius 2 is 0.491 bits per heavy atom. The fraction of sp³-hybridized carbons (Fsp3) is 0. The summed E-state index contributed by atoms with van der Waals surface area (Å²) in [7, 11) is 0. The Bertz CT molecular complexity index is 6970. The predicted molar refractivity (Wildman–Crippen MR) is 479 cm³/mol. The second-order valence-electron chi connectivity index (χ2n) is 28.8. The first kappa shape index (κ1) is 66.2. The SMILES string of the molecule is Brc1ccc(-c2ccc(-n3c4ccc(-c5ccccc5)cc4c4cc(-c5ccccc5)ccc43)cc2)c2nsnc12.[2HH].c1ccc(-c2ccc(-n3c4ccc(-c5ccc(Nc6ccc(-c7ccc8c(c7)c7cc9ccccc9cc7n8-c7ccc(-c8ccccc8)cc7)cc6)cc5)cc4c4cc5ccccc5cc43)cc2)cc1. The molecule has 0 atom stereocenters. The van der Waals surface area contributed by atoms with Crippen molar-refractivity contribution in [3.63, 3.8) is 0 Å². The lowest BCUT2D eigenvalue weighted by Gasteiger charge is -2.11. The van der Waals surface area contributed by atoms with Crippen molar-refractivity contribution >= 4 is 137 Å². The molecule has 0 saturated heterocycles. The van der Waals surface area contributed by atoms with Gasteiger partial charge in [-0.05, 0) is 249 Å². The van der Waals surface area contributed by atoms with E-state index < -0.39 is 0 Å². The Morgan fingerprint density at radius 3 is 0.857 bits per heavy atom. The number of aromatic nitrogens is 5. The molecule has 112 heavy (non-hydrogen) atoms. The van der Waals surface area contributed by atoms with Crippen molar-refractivity contribution in [2.24, 2.45) is 0 Å². The van der Waals surface area contributed by atoms with Gasteiger partial charge in [0, 0.05) is 72.2 Å². The molecule has 0 aliphatic carbocycles. The van der Waals surface area contributed by atoms with Crippen molar-refractivity contribution in [1.82, 2.24) is 22.4 Å². The Morgan fingerprint density at radius 1 is 0.223 bits per heavy atom. The fourth-order valence-corrected chi connectivity index (χ4v) is 17.7. The van der Waals surface area contributed by atoms with Crippen LogP contribution in [-0.4, -0.2) is 22.4 Å². The van der Waals surface area contributed by atoms with Gasteiger partial charge in [-0.3, -0.25) is 0 Å². The first-order chi connectivity index (χ1) is 55.4. The molecule has 8 heteroatoms. The van der Waals surface area contributed by atoms with Crippen molar-refractivity contribution in [1.29, 1.82) is 0 Å². The van der Waals surface area contributed by atoms with E-state index in [4.69, 9.17) is 0 Å². The van der Waals surface area contributed by atoms with Gasteiger partial charge in [-0.25, -0.2) is 0 Å². The van der Waals surface area contributed by atoms with E-state index in [0.29, 0.717) is 0 Å². The van der Waals surface area contributed by atoms with E-state index in [1.54, 1.807) is 0 Å². The first-order valence-electron chi connectivity index (χ1n) is 37.8. The molecule has 22 aromatic rings. The highest BCUT2D eigenvalue weighted by atomic mass is 79.9. The quantitative estimate of drug-likeness (QED) is 0.133. The second kappa shape index (κ2) is 27.9. The van der Waals surface area contributed by atoms with Gasteiger partial charge in [0.15, 0.2) is 0 Å². The summed E-state index contributed by atoms with van der Waals surface area (Å²) >= 11 is 4.85. The topological polar surface area (TPSA) is 52.6 Å². The molecular weight excluding hydrogens is 1450 g/mol. The minimum atomic E-state index is 0. The average Bonchev–Trinajstić information content (AvgIpc) is 1.59. The van der Waals surface area contributed by atoms with E-state index in [0.717, 1.165) is 55.1 Å². The smallest absolute Gasteiger partial charge is 0.119 e. The maximum Gasteiger partial charge on any atom is 0.119 e. The van der Waals surface area contributed by atoms with Crippen molar-refractivity contribution in [2.75, 3.05) is 5.32 Å². The van der Waals surface area contributed by atoms with Crippen LogP contribution in [0.15, 0.2) is 405 Å². The Labute approximate surface area is 661 Å². The zero-order chi connectivity index (χ0) is 74.2. The number of nitrogens with one attached hydrogen (secondary N) is 1. The maximum atomic E-state index is 4.57. The number of hydrogen-bond acceptors (Lipinski definition) is 4. The molecule has 0 unspecified atom stereocenters. The van der Waals surface area contributed by atoms with E-state index >= 15 is 0 Å². The van der Waals surface area contributed by atoms with E-state index in [1.807, 2.05) is 0 Å². The summed E-state index contributed by atoms with van der Waals surface area (Å²) in [6, 6.07) is 145. The lowest BCUT2D eigenvalue weighted by Crippen LogP contribution is -1.94. The number of benzene rings is 18. The van der Waals surface area contributed by atoms with Crippen LogP contribution in [0.5, 0.6) is 0 Å². The normalized spacial score (nSPS) is 11.6. The molecule has 528 valence electrons. The van der Waals surface area contributed by atoms with Crippen LogP contribution in [-0.2, 0) is 0 Å². The minimum Gasteiger partial charge on any atom is -0.356 e. The van der Waals surface area contributed by atoms with Gasteiger partial charge in [0.05, 0.1) is 44.8 Å². The third-order valence-corrected chi connectivity index (χ3v) is 23.4. The van der Waals surface area contributed by atoms with Crippen LogP contribution in [0.1, 0.15) is 1.43 Å². The molecule has 4 heterocycles. The van der Waals surface area contributed by atoms with Crippen molar-refractivity contribution in [3.05, 3.63) is 405 Å². The molecule has 18 aromatic carbocycles. The van der Waals surface area contributed by atoms with Gasteiger partial charge in [-0.15, -0.1) is 0 Å². The molecular formula is C104H69BrN6S. The van der Waals surface area contributed by atoms with Crippen LogP contribution in [0.2, 0.25) is 0 Å². The Kier molecular flexibility index (Phi) is 16.5. The highest BCUT2D eigenvalue weighted by Crippen LogP contribution is 2.43. The van der Waals surface area contributed by atoms with Crippen LogP contribution >= 0.6 is 27.7 Å². The van der Waals surface area contributed by atoms with Crippen LogP contribution in [0.3, 0.4) is 0 Å². The largest absolute Gasteiger partial charge is 0.356 e. The summed E-state index contributed by atoms with van der Waals surface area (Å²) in [5, 5.41) is 16.1. The van der Waals surface area contributed by atoms with Gasteiger partial charge >= 0.3 is 0 Å². The first-order valence-corrected chi connectivity index (χ1v) is 39.4. The molecule has 0 amide bonds. The summed E-state index contributed by atoms with van der Waals surface area (Å²) in [6.07, 6.45) is 0. The summed E-state index contributed by atoms with van der Waals surface area (Å²) in [5.41, 5.74) is 31.2. The fourth-order valence-electron chi connectivity index (χ4n) is 16.6. The Balaban J connectivity index is 0.000000168. The molecule has 0 radical (unpaired) electrons. The number of fused-ring (bicyclic) bond motifs is 12. The highest BCUT2D eigenvalue weighted by Gasteiger charge is 2.21. The average molecular weight is 1520 g/mol. The van der Waals surface area contributed by atoms with E-state index in [1.165, 1.54) is 165 Å². The summed E-state index contributed by atoms with van der Waals surface area (Å²) in [5.74, 6) is 0. The van der Waals surface area contributed by atoms with Gasteiger partial charge in [0.25, 0.3) is 0 Å². The molecule has 0 aliphatic heterocycles. The number of halogens is 1. The van der Waals surface area contributed by atoms with Gasteiger partial charge in [-0.2, -0.15) is 8.75 Å². The Hall–Kier alpha value is -14.0. The molecule has 0 fully saturated rings. The molecule has 22 rings (SSSR count). The van der Waals surface area contributed by atoms with Crippen LogP contribution in [0, 0.1) is 0 Å². The monoisotopic (exact) mass is 1510 g/mol. The van der Waals surface area contributed by atoms with Crippen molar-refractivity contribution in [2.45, 2.75) is 0 Å². The van der Waals surface area contributed by atoms with Gasteiger partial charge in [-0.1, -0.05) is 261 Å². The maximum absolute atomic E-state index is 4.57. The van der Waals surface area contributed by atoms with Gasteiger partial charge < -0.3 is 19.0 Å². The van der Waals surface area contributed by atoms with Crippen LogP contribution < -0.4 is 5.32 Å². The van der Waals surface area contributed by atoms with Gasteiger partial charge in [0.2, 0.25) is 0 Å². The molecule has 0 aliphatic rings. The third-order valence-electron chi connectivity index (χ3n) is 22.2. The molecule has 1 N–H and O–H groups in total. The number of nitrogens with zero attached hydrogens (tertiary/aromatic N) is 5. The van der Waals surface area contributed by atoms with E-state index in [-0.39, 0.29) is 1.43 Å². The molecule has 0 spiro atoms. The second-order valence-corrected chi connectivity index (χ2v) is 30.2. The standard InChI is InChI=1S/C68H45N3.C36H22BrN3S.H2/c1-3-11-45(12-4-1)47-23-33-59(34-24-47)70-65-37-27-55(41-61(65)63-39-51-15-7-9-17-53(51)43-67(63)70)49-19-29-57(30-20-49)69-58-31-21-50(22-32-58)56-28-38-66-62(42-56)64-40-52-16-8-10-18-54(52)44-68(64)71(66)60-35-25-48(26-36-60)46-13-5-2-6-14-46;37-32-18-17-29(35-36(32)39-41-38-35)25-11-15-28(16-12-25)40-33-19-13-26(23-7-3-1-4-8-23)21-30(33)31-22-27(14-20-34(31)40)24-9-5-2-6-10-24;/h1-44,69H;1-22H;1H/i;;1+1. The van der Waals surface area contributed by atoms with E-state index in [9.17, 15) is 0 Å². The summed E-state index contributed by atoms with van der Waals surface area (Å²) in [6.45, 7) is 0. The summed E-state index contributed by atoms with van der Waals surface area (Å²) < 4.78 is 17.2. The van der Waals surface area contributed by atoms with Crippen molar-refractivity contribution in [3.8, 4) is 95.0 Å². The molecule has 6 nitrogen and oxygen atoms in total. The van der Waals surface area contributed by atoms with Crippen LogP contribution in [0.25, 0.3) is 193 Å². The minimum absolute atomic E-state index is 0. The van der Waals surface area contributed by atoms with Gasteiger partial charge in [0.1, 0.15) is 11.0 Å². The van der Waals surface area contributed by atoms with E-state index in [2.05, 4.69) is 444 Å². The third kappa shape index (κ3) is 12.0. The van der Waals surface area contributed by atoms with Crippen LogP contribution in [0.4, 0.5) is 11.4 Å². The summed E-state index contributed by atoms with van der Waals surface area (Å²) in [4.78, 5) is 0. The lowest BCUT2D eigenvalue weighted by molar-refractivity contribution is 1.18.